The number of benzene rings is 2. The molecule has 1 aliphatic rings. The van der Waals surface area contributed by atoms with Crippen LogP contribution in [0.2, 0.25) is 5.02 Å². The smallest absolute Gasteiger partial charge is 0.337 e. The molecule has 0 spiro atoms. The van der Waals surface area contributed by atoms with E-state index in [0.717, 1.165) is 12.8 Å². The van der Waals surface area contributed by atoms with Gasteiger partial charge in [-0.1, -0.05) is 23.7 Å². The Morgan fingerprint density at radius 3 is 2.52 bits per heavy atom. The SMILES string of the molecule is COc1ccccc1OCC(=O)N(CCC(=O)Nc1ccc(Cl)c(C(=O)O)c1)C1CC1. The van der Waals surface area contributed by atoms with Crippen LogP contribution in [0.4, 0.5) is 5.69 Å². The Bertz CT molecular complexity index is 976. The van der Waals surface area contributed by atoms with Crippen molar-refractivity contribution < 1.29 is 29.0 Å². The molecule has 0 bridgehead atoms. The molecule has 9 heteroatoms. The fraction of sp³-hybridized carbons (Fsp3) is 0.318. The first-order valence-corrected chi connectivity index (χ1v) is 10.1. The lowest BCUT2D eigenvalue weighted by Gasteiger charge is -2.22. The van der Waals surface area contributed by atoms with E-state index in [2.05, 4.69) is 5.32 Å². The maximum absolute atomic E-state index is 12.7. The number of amides is 2. The molecule has 2 aromatic rings. The third kappa shape index (κ3) is 6.11. The molecule has 164 valence electrons. The van der Waals surface area contributed by atoms with Crippen molar-refractivity contribution in [2.75, 3.05) is 25.6 Å². The summed E-state index contributed by atoms with van der Waals surface area (Å²) < 4.78 is 10.8. The van der Waals surface area contributed by atoms with Crippen molar-refractivity contribution in [2.24, 2.45) is 0 Å². The van der Waals surface area contributed by atoms with Crippen molar-refractivity contribution in [3.63, 3.8) is 0 Å². The van der Waals surface area contributed by atoms with Crippen molar-refractivity contribution >= 4 is 35.1 Å². The quantitative estimate of drug-likeness (QED) is 0.579. The van der Waals surface area contributed by atoms with Gasteiger partial charge in [-0.3, -0.25) is 9.59 Å². The van der Waals surface area contributed by atoms with E-state index < -0.39 is 5.97 Å². The summed E-state index contributed by atoms with van der Waals surface area (Å²) in [7, 11) is 1.53. The second-order valence-electron chi connectivity index (χ2n) is 7.06. The molecule has 2 N–H and O–H groups in total. The Labute approximate surface area is 184 Å². The van der Waals surface area contributed by atoms with Gasteiger partial charge in [-0.05, 0) is 43.2 Å². The van der Waals surface area contributed by atoms with Crippen molar-refractivity contribution in [3.05, 3.63) is 53.1 Å². The fourth-order valence-corrected chi connectivity index (χ4v) is 3.27. The molecule has 1 saturated carbocycles. The molecule has 0 atom stereocenters. The monoisotopic (exact) mass is 446 g/mol. The molecule has 0 unspecified atom stereocenters. The van der Waals surface area contributed by atoms with E-state index in [1.807, 2.05) is 6.07 Å². The number of carbonyl (C=O) groups is 3. The number of nitrogens with zero attached hydrogens (tertiary/aromatic N) is 1. The van der Waals surface area contributed by atoms with E-state index in [9.17, 15) is 14.4 Å². The van der Waals surface area contributed by atoms with E-state index in [-0.39, 0.29) is 48.0 Å². The van der Waals surface area contributed by atoms with E-state index in [4.69, 9.17) is 26.2 Å². The molecule has 0 saturated heterocycles. The zero-order chi connectivity index (χ0) is 22.4. The summed E-state index contributed by atoms with van der Waals surface area (Å²) >= 11 is 5.84. The van der Waals surface area contributed by atoms with Crippen LogP contribution >= 0.6 is 11.6 Å². The summed E-state index contributed by atoms with van der Waals surface area (Å²) in [6.45, 7) is 0.0850. The molecular weight excluding hydrogens is 424 g/mol. The Kier molecular flexibility index (Phi) is 7.36. The molecular formula is C22H23ClN2O6. The molecule has 8 nitrogen and oxygen atoms in total. The van der Waals surface area contributed by atoms with Crippen LogP contribution in [0.5, 0.6) is 11.5 Å². The zero-order valence-corrected chi connectivity index (χ0v) is 17.7. The van der Waals surface area contributed by atoms with Crippen LogP contribution < -0.4 is 14.8 Å². The van der Waals surface area contributed by atoms with Gasteiger partial charge in [0, 0.05) is 24.7 Å². The largest absolute Gasteiger partial charge is 0.493 e. The predicted octanol–water partition coefficient (Wildman–Crippen LogP) is 3.45. The number of carboxylic acids is 1. The summed E-state index contributed by atoms with van der Waals surface area (Å²) in [5.74, 6) is -0.703. The van der Waals surface area contributed by atoms with Crippen molar-refractivity contribution in [3.8, 4) is 11.5 Å². The van der Waals surface area contributed by atoms with Gasteiger partial charge in [0.25, 0.3) is 5.91 Å². The molecule has 1 fully saturated rings. The first kappa shape index (κ1) is 22.4. The van der Waals surface area contributed by atoms with Gasteiger partial charge in [-0.25, -0.2) is 4.79 Å². The Hall–Kier alpha value is -3.26. The highest BCUT2D eigenvalue weighted by Gasteiger charge is 2.32. The summed E-state index contributed by atoms with van der Waals surface area (Å²) in [6.07, 6.45) is 1.85. The third-order valence-electron chi connectivity index (χ3n) is 4.79. The number of hydrogen-bond donors (Lipinski definition) is 2. The number of para-hydroxylation sites is 2. The summed E-state index contributed by atoms with van der Waals surface area (Å²) in [5, 5.41) is 11.9. The van der Waals surface area contributed by atoms with Crippen LogP contribution in [0.3, 0.4) is 0 Å². The number of anilines is 1. The normalized spacial score (nSPS) is 12.7. The fourth-order valence-electron chi connectivity index (χ4n) is 3.07. The van der Waals surface area contributed by atoms with Crippen LogP contribution in [-0.2, 0) is 9.59 Å². The van der Waals surface area contributed by atoms with Gasteiger partial charge in [0.2, 0.25) is 5.91 Å². The van der Waals surface area contributed by atoms with E-state index in [0.29, 0.717) is 17.2 Å². The molecule has 1 aliphatic carbocycles. The van der Waals surface area contributed by atoms with Crippen LogP contribution in [0.1, 0.15) is 29.6 Å². The molecule has 2 amide bonds. The maximum atomic E-state index is 12.7. The van der Waals surface area contributed by atoms with Crippen LogP contribution in [0, 0.1) is 0 Å². The van der Waals surface area contributed by atoms with Gasteiger partial charge in [-0.15, -0.1) is 0 Å². The second-order valence-corrected chi connectivity index (χ2v) is 7.46. The third-order valence-corrected chi connectivity index (χ3v) is 5.12. The van der Waals surface area contributed by atoms with Gasteiger partial charge >= 0.3 is 5.97 Å². The number of carboxylic acid groups (broad SMARTS) is 1. The van der Waals surface area contributed by atoms with Crippen molar-refractivity contribution in [1.29, 1.82) is 0 Å². The number of nitrogens with one attached hydrogen (secondary N) is 1. The number of halogens is 1. The number of carbonyl (C=O) groups excluding carboxylic acids is 2. The Morgan fingerprint density at radius 2 is 1.87 bits per heavy atom. The molecule has 0 aromatic heterocycles. The number of aromatic carboxylic acids is 1. The van der Waals surface area contributed by atoms with Gasteiger partial charge in [-0.2, -0.15) is 0 Å². The maximum Gasteiger partial charge on any atom is 0.337 e. The molecule has 2 aromatic carbocycles. The average Bonchev–Trinajstić information content (AvgIpc) is 3.59. The van der Waals surface area contributed by atoms with Crippen LogP contribution in [0.15, 0.2) is 42.5 Å². The minimum atomic E-state index is -1.18. The molecule has 0 heterocycles. The first-order valence-electron chi connectivity index (χ1n) is 9.77. The Balaban J connectivity index is 1.54. The molecule has 0 aliphatic heterocycles. The van der Waals surface area contributed by atoms with Crippen LogP contribution in [0.25, 0.3) is 0 Å². The number of rotatable bonds is 10. The molecule has 31 heavy (non-hydrogen) atoms. The highest BCUT2D eigenvalue weighted by molar-refractivity contribution is 6.33. The van der Waals surface area contributed by atoms with Crippen molar-refractivity contribution in [1.82, 2.24) is 4.90 Å². The minimum absolute atomic E-state index is 0.0714. The Morgan fingerprint density at radius 1 is 1.16 bits per heavy atom. The second kappa shape index (κ2) is 10.2. The number of methoxy groups -OCH3 is 1. The highest BCUT2D eigenvalue weighted by atomic mass is 35.5. The minimum Gasteiger partial charge on any atom is -0.493 e. The topological polar surface area (TPSA) is 105 Å². The van der Waals surface area contributed by atoms with E-state index in [1.54, 1.807) is 23.1 Å². The van der Waals surface area contributed by atoms with Crippen LogP contribution in [-0.4, -0.2) is 54.1 Å². The van der Waals surface area contributed by atoms with Gasteiger partial charge in [0.05, 0.1) is 17.7 Å². The first-order chi connectivity index (χ1) is 14.9. The summed E-state index contributed by atoms with van der Waals surface area (Å²) in [6, 6.07) is 11.4. The van der Waals surface area contributed by atoms with E-state index >= 15 is 0 Å². The summed E-state index contributed by atoms with van der Waals surface area (Å²) in [4.78, 5) is 37.8. The van der Waals surface area contributed by atoms with Gasteiger partial charge < -0.3 is 24.8 Å². The standard InChI is InChI=1S/C22H23ClN2O6/c1-30-18-4-2-3-5-19(18)31-13-21(27)25(15-7-8-15)11-10-20(26)24-14-6-9-17(23)16(12-14)22(28)29/h2-6,9,12,15H,7-8,10-11,13H2,1H3,(H,24,26)(H,28,29). The molecule has 3 rings (SSSR count). The van der Waals surface area contributed by atoms with Gasteiger partial charge in [0.1, 0.15) is 0 Å². The average molecular weight is 447 g/mol. The lowest BCUT2D eigenvalue weighted by Crippen LogP contribution is -2.38. The molecule has 0 radical (unpaired) electrons. The van der Waals surface area contributed by atoms with Crippen molar-refractivity contribution in [2.45, 2.75) is 25.3 Å². The highest BCUT2D eigenvalue weighted by Crippen LogP contribution is 2.29. The predicted molar refractivity (Wildman–Crippen MR) is 115 cm³/mol. The van der Waals surface area contributed by atoms with E-state index in [1.165, 1.54) is 25.3 Å². The zero-order valence-electron chi connectivity index (χ0n) is 17.0. The lowest BCUT2D eigenvalue weighted by atomic mass is 10.2. The number of hydrogen-bond acceptors (Lipinski definition) is 5. The summed E-state index contributed by atoms with van der Waals surface area (Å²) in [5.41, 5.74) is 0.235. The number of ether oxygens (including phenoxy) is 2. The van der Waals surface area contributed by atoms with Gasteiger partial charge in [0.15, 0.2) is 18.1 Å². The lowest BCUT2D eigenvalue weighted by molar-refractivity contribution is -0.134.